The van der Waals surface area contributed by atoms with Gasteiger partial charge in [0.2, 0.25) is 0 Å². The molecule has 1 fully saturated rings. The Morgan fingerprint density at radius 2 is 2.05 bits per heavy atom. The van der Waals surface area contributed by atoms with Gasteiger partial charge < -0.3 is 10.2 Å². The Bertz CT molecular complexity index is 632. The molecule has 0 bridgehead atoms. The average Bonchev–Trinajstić information content (AvgIpc) is 3.29. The summed E-state index contributed by atoms with van der Waals surface area (Å²) in [5.41, 5.74) is 4.92. The van der Waals surface area contributed by atoms with Crippen LogP contribution in [0.4, 0.5) is 11.5 Å². The molecule has 3 nitrogen and oxygen atoms in total. The molecule has 1 N–H and O–H groups in total. The van der Waals surface area contributed by atoms with E-state index in [-0.39, 0.29) is 0 Å². The molecule has 1 aromatic carbocycles. The number of hydrogen-bond donors (Lipinski definition) is 1. The van der Waals surface area contributed by atoms with Gasteiger partial charge in [-0.05, 0) is 61.6 Å². The number of nitrogens with one attached hydrogen (secondary N) is 1. The van der Waals surface area contributed by atoms with Crippen molar-refractivity contribution < 1.29 is 0 Å². The summed E-state index contributed by atoms with van der Waals surface area (Å²) < 4.78 is 0. The molecule has 0 aliphatic heterocycles. The van der Waals surface area contributed by atoms with Crippen LogP contribution in [-0.2, 0) is 6.54 Å². The van der Waals surface area contributed by atoms with Crippen molar-refractivity contribution in [2.75, 3.05) is 11.9 Å². The first-order chi connectivity index (χ1) is 10.1. The van der Waals surface area contributed by atoms with Gasteiger partial charge in [-0.3, -0.25) is 0 Å². The first-order valence-corrected chi connectivity index (χ1v) is 7.63. The number of aromatic nitrogens is 1. The second kappa shape index (κ2) is 5.86. The second-order valence-electron chi connectivity index (χ2n) is 6.04. The SMILES string of the molecule is Cc1cccc(N(C)c2ncc(CNC3CC3)cc2C)c1. The number of benzene rings is 1. The monoisotopic (exact) mass is 281 g/mol. The highest BCUT2D eigenvalue weighted by molar-refractivity contribution is 5.62. The fourth-order valence-electron chi connectivity index (χ4n) is 2.58. The molecular weight excluding hydrogens is 258 g/mol. The van der Waals surface area contributed by atoms with Gasteiger partial charge in [0, 0.05) is 31.5 Å². The summed E-state index contributed by atoms with van der Waals surface area (Å²) >= 11 is 0. The maximum Gasteiger partial charge on any atom is 0.135 e. The molecule has 1 aliphatic carbocycles. The van der Waals surface area contributed by atoms with Gasteiger partial charge in [-0.2, -0.15) is 0 Å². The fraction of sp³-hybridized carbons (Fsp3) is 0.389. The summed E-state index contributed by atoms with van der Waals surface area (Å²) in [7, 11) is 2.08. The van der Waals surface area contributed by atoms with Crippen molar-refractivity contribution >= 4 is 11.5 Å². The Kier molecular flexibility index (Phi) is 3.93. The van der Waals surface area contributed by atoms with Crippen LogP contribution in [0.2, 0.25) is 0 Å². The molecule has 0 saturated heterocycles. The highest BCUT2D eigenvalue weighted by Crippen LogP contribution is 2.26. The highest BCUT2D eigenvalue weighted by atomic mass is 15.2. The molecule has 0 unspecified atom stereocenters. The predicted octanol–water partition coefficient (Wildman–Crippen LogP) is 3.72. The zero-order valence-electron chi connectivity index (χ0n) is 13.1. The first kappa shape index (κ1) is 14.1. The zero-order valence-corrected chi connectivity index (χ0v) is 13.1. The summed E-state index contributed by atoms with van der Waals surface area (Å²) in [6.45, 7) is 5.17. The zero-order chi connectivity index (χ0) is 14.8. The van der Waals surface area contributed by atoms with Crippen LogP contribution in [0.15, 0.2) is 36.5 Å². The van der Waals surface area contributed by atoms with Crippen LogP contribution in [-0.4, -0.2) is 18.1 Å². The van der Waals surface area contributed by atoms with Crippen LogP contribution < -0.4 is 10.2 Å². The summed E-state index contributed by atoms with van der Waals surface area (Å²) in [6, 6.07) is 11.5. The van der Waals surface area contributed by atoms with E-state index in [0.29, 0.717) is 0 Å². The molecule has 1 aromatic heterocycles. The standard InChI is InChI=1S/C18H23N3/c1-13-5-4-6-17(9-13)21(3)18-14(2)10-15(12-20-18)11-19-16-7-8-16/h4-6,9-10,12,16,19H,7-8,11H2,1-3H3. The molecule has 0 spiro atoms. The summed E-state index contributed by atoms with van der Waals surface area (Å²) in [5, 5.41) is 3.53. The van der Waals surface area contributed by atoms with Crippen LogP contribution in [0.5, 0.6) is 0 Å². The van der Waals surface area contributed by atoms with Crippen molar-refractivity contribution in [1.29, 1.82) is 0 Å². The molecule has 21 heavy (non-hydrogen) atoms. The minimum atomic E-state index is 0.736. The summed E-state index contributed by atoms with van der Waals surface area (Å²) in [6.07, 6.45) is 4.63. The lowest BCUT2D eigenvalue weighted by Crippen LogP contribution is -2.17. The Morgan fingerprint density at radius 1 is 1.24 bits per heavy atom. The Labute approximate surface area is 127 Å². The van der Waals surface area contributed by atoms with E-state index in [9.17, 15) is 0 Å². The molecular formula is C18H23N3. The van der Waals surface area contributed by atoms with Gasteiger partial charge in [-0.15, -0.1) is 0 Å². The van der Waals surface area contributed by atoms with Crippen LogP contribution in [0, 0.1) is 13.8 Å². The lowest BCUT2D eigenvalue weighted by atomic mass is 10.1. The van der Waals surface area contributed by atoms with Crippen molar-refractivity contribution in [3.8, 4) is 0 Å². The van der Waals surface area contributed by atoms with Gasteiger partial charge in [-0.1, -0.05) is 12.1 Å². The van der Waals surface area contributed by atoms with E-state index in [0.717, 1.165) is 18.4 Å². The van der Waals surface area contributed by atoms with E-state index in [1.165, 1.54) is 35.2 Å². The number of rotatable bonds is 5. The van der Waals surface area contributed by atoms with E-state index in [2.05, 4.69) is 66.4 Å². The number of aryl methyl sites for hydroxylation is 2. The Balaban J connectivity index is 1.77. The van der Waals surface area contributed by atoms with Crippen LogP contribution in [0.1, 0.15) is 29.5 Å². The molecule has 0 radical (unpaired) electrons. The largest absolute Gasteiger partial charge is 0.329 e. The van der Waals surface area contributed by atoms with E-state index in [4.69, 9.17) is 0 Å². The summed E-state index contributed by atoms with van der Waals surface area (Å²) in [5.74, 6) is 1.02. The van der Waals surface area contributed by atoms with Gasteiger partial charge in [-0.25, -0.2) is 4.98 Å². The van der Waals surface area contributed by atoms with E-state index in [1.54, 1.807) is 0 Å². The number of anilines is 2. The normalized spacial score (nSPS) is 14.2. The molecule has 0 amide bonds. The average molecular weight is 281 g/mol. The van der Waals surface area contributed by atoms with E-state index >= 15 is 0 Å². The molecule has 1 saturated carbocycles. The van der Waals surface area contributed by atoms with Gasteiger partial charge in [0.25, 0.3) is 0 Å². The van der Waals surface area contributed by atoms with Crippen LogP contribution in [0.25, 0.3) is 0 Å². The molecule has 0 atom stereocenters. The molecule has 1 aliphatic rings. The van der Waals surface area contributed by atoms with Crippen molar-refractivity contribution in [2.45, 2.75) is 39.3 Å². The van der Waals surface area contributed by atoms with Crippen molar-refractivity contribution in [3.05, 3.63) is 53.2 Å². The van der Waals surface area contributed by atoms with Crippen LogP contribution >= 0.6 is 0 Å². The van der Waals surface area contributed by atoms with Gasteiger partial charge in [0.05, 0.1) is 0 Å². The van der Waals surface area contributed by atoms with E-state index < -0.39 is 0 Å². The number of hydrogen-bond acceptors (Lipinski definition) is 3. The van der Waals surface area contributed by atoms with Crippen molar-refractivity contribution in [1.82, 2.24) is 10.3 Å². The second-order valence-corrected chi connectivity index (χ2v) is 6.04. The minimum absolute atomic E-state index is 0.736. The molecule has 1 heterocycles. The maximum absolute atomic E-state index is 4.67. The summed E-state index contributed by atoms with van der Waals surface area (Å²) in [4.78, 5) is 6.82. The third-order valence-corrected chi connectivity index (χ3v) is 3.99. The third kappa shape index (κ3) is 3.42. The Hall–Kier alpha value is -1.87. The number of nitrogens with zero attached hydrogens (tertiary/aromatic N) is 2. The molecule has 2 aromatic rings. The Morgan fingerprint density at radius 3 is 2.71 bits per heavy atom. The van der Waals surface area contributed by atoms with Crippen LogP contribution in [0.3, 0.4) is 0 Å². The number of pyridine rings is 1. The van der Waals surface area contributed by atoms with Gasteiger partial charge in [0.15, 0.2) is 0 Å². The topological polar surface area (TPSA) is 28.2 Å². The van der Waals surface area contributed by atoms with Gasteiger partial charge >= 0.3 is 0 Å². The van der Waals surface area contributed by atoms with Crippen molar-refractivity contribution in [3.63, 3.8) is 0 Å². The molecule has 3 rings (SSSR count). The fourth-order valence-corrected chi connectivity index (χ4v) is 2.58. The lowest BCUT2D eigenvalue weighted by molar-refractivity contribution is 0.685. The smallest absolute Gasteiger partial charge is 0.135 e. The highest BCUT2D eigenvalue weighted by Gasteiger charge is 2.20. The molecule has 110 valence electrons. The quantitative estimate of drug-likeness (QED) is 0.905. The predicted molar refractivity (Wildman–Crippen MR) is 88.1 cm³/mol. The lowest BCUT2D eigenvalue weighted by Gasteiger charge is -2.21. The van der Waals surface area contributed by atoms with E-state index in [1.807, 2.05) is 6.20 Å². The molecule has 3 heteroatoms. The minimum Gasteiger partial charge on any atom is -0.329 e. The first-order valence-electron chi connectivity index (χ1n) is 7.63. The maximum atomic E-state index is 4.67. The van der Waals surface area contributed by atoms with Crippen molar-refractivity contribution in [2.24, 2.45) is 0 Å². The van der Waals surface area contributed by atoms with Gasteiger partial charge in [0.1, 0.15) is 5.82 Å². The third-order valence-electron chi connectivity index (χ3n) is 3.99.